The Morgan fingerprint density at radius 2 is 1.93 bits per heavy atom. The molecular weight excluding hydrogens is 186 g/mol. The van der Waals surface area contributed by atoms with Gasteiger partial charge in [-0.25, -0.2) is 0 Å². The first-order valence-electron chi connectivity index (χ1n) is 6.55. The van der Waals surface area contributed by atoms with Crippen molar-refractivity contribution in [3.8, 4) is 0 Å². The molecule has 0 amide bonds. The highest BCUT2D eigenvalue weighted by Gasteiger charge is 2.23. The summed E-state index contributed by atoms with van der Waals surface area (Å²) in [5, 5.41) is 8.97. The fourth-order valence-corrected chi connectivity index (χ4v) is 1.99. The van der Waals surface area contributed by atoms with Crippen LogP contribution in [0.15, 0.2) is 0 Å². The van der Waals surface area contributed by atoms with Crippen molar-refractivity contribution in [3.05, 3.63) is 0 Å². The monoisotopic (exact) mass is 213 g/mol. The van der Waals surface area contributed by atoms with Gasteiger partial charge in [-0.05, 0) is 37.6 Å². The summed E-state index contributed by atoms with van der Waals surface area (Å²) < 4.78 is 0. The molecule has 2 heteroatoms. The number of rotatable bonds is 9. The second-order valence-electron chi connectivity index (χ2n) is 5.36. The number of unbranched alkanes of at least 4 members (excludes halogenated alkanes) is 1. The average Bonchev–Trinajstić information content (AvgIpc) is 2.96. The third-order valence-corrected chi connectivity index (χ3v) is 3.14. The standard InChI is InChI=1S/C13H27NO/c1-12(2)5-3-4-8-14(9-10-15)11-13-6-7-13/h12-13,15H,3-11H2,1-2H3. The summed E-state index contributed by atoms with van der Waals surface area (Å²) in [5.74, 6) is 1.78. The fourth-order valence-electron chi connectivity index (χ4n) is 1.99. The average molecular weight is 213 g/mol. The van der Waals surface area contributed by atoms with Crippen molar-refractivity contribution in [2.45, 2.75) is 46.0 Å². The molecular formula is C13H27NO. The number of aliphatic hydroxyl groups is 1. The highest BCUT2D eigenvalue weighted by molar-refractivity contribution is 4.77. The summed E-state index contributed by atoms with van der Waals surface area (Å²) >= 11 is 0. The molecule has 0 aliphatic heterocycles. The molecule has 15 heavy (non-hydrogen) atoms. The van der Waals surface area contributed by atoms with Gasteiger partial charge in [-0.3, -0.25) is 0 Å². The summed E-state index contributed by atoms with van der Waals surface area (Å²) in [5.41, 5.74) is 0. The van der Waals surface area contributed by atoms with E-state index in [0.29, 0.717) is 6.61 Å². The van der Waals surface area contributed by atoms with Crippen molar-refractivity contribution in [2.24, 2.45) is 11.8 Å². The van der Waals surface area contributed by atoms with Gasteiger partial charge in [-0.1, -0.05) is 26.7 Å². The number of hydrogen-bond acceptors (Lipinski definition) is 2. The maximum absolute atomic E-state index is 8.97. The minimum atomic E-state index is 0.316. The van der Waals surface area contributed by atoms with Gasteiger partial charge in [-0.15, -0.1) is 0 Å². The zero-order valence-corrected chi connectivity index (χ0v) is 10.4. The van der Waals surface area contributed by atoms with Gasteiger partial charge in [0.1, 0.15) is 0 Å². The molecule has 1 rings (SSSR count). The van der Waals surface area contributed by atoms with Crippen molar-refractivity contribution in [3.63, 3.8) is 0 Å². The zero-order chi connectivity index (χ0) is 11.1. The normalized spacial score (nSPS) is 16.6. The molecule has 0 aromatic rings. The van der Waals surface area contributed by atoms with E-state index in [2.05, 4.69) is 18.7 Å². The fraction of sp³-hybridized carbons (Fsp3) is 1.00. The van der Waals surface area contributed by atoms with E-state index >= 15 is 0 Å². The van der Waals surface area contributed by atoms with E-state index in [1.807, 2.05) is 0 Å². The van der Waals surface area contributed by atoms with Gasteiger partial charge in [0, 0.05) is 13.1 Å². The van der Waals surface area contributed by atoms with Gasteiger partial charge in [0.25, 0.3) is 0 Å². The van der Waals surface area contributed by atoms with Crippen LogP contribution in [-0.2, 0) is 0 Å². The molecule has 90 valence electrons. The summed E-state index contributed by atoms with van der Waals surface area (Å²) in [4.78, 5) is 2.44. The molecule has 1 aliphatic carbocycles. The lowest BCUT2D eigenvalue weighted by Gasteiger charge is -2.21. The number of hydrogen-bond donors (Lipinski definition) is 1. The van der Waals surface area contributed by atoms with Gasteiger partial charge < -0.3 is 10.0 Å². The molecule has 1 aliphatic rings. The first kappa shape index (κ1) is 13.0. The molecule has 1 saturated carbocycles. The topological polar surface area (TPSA) is 23.5 Å². The molecule has 1 fully saturated rings. The van der Waals surface area contributed by atoms with Gasteiger partial charge in [0.2, 0.25) is 0 Å². The van der Waals surface area contributed by atoms with Crippen LogP contribution < -0.4 is 0 Å². The van der Waals surface area contributed by atoms with Gasteiger partial charge in [0.15, 0.2) is 0 Å². The number of aliphatic hydroxyl groups excluding tert-OH is 1. The molecule has 0 aromatic heterocycles. The van der Waals surface area contributed by atoms with Gasteiger partial charge in [-0.2, -0.15) is 0 Å². The summed E-state index contributed by atoms with van der Waals surface area (Å²) in [6.07, 6.45) is 6.80. The molecule has 0 radical (unpaired) electrons. The van der Waals surface area contributed by atoms with E-state index in [4.69, 9.17) is 5.11 Å². The highest BCUT2D eigenvalue weighted by atomic mass is 16.3. The molecule has 0 saturated heterocycles. The second-order valence-corrected chi connectivity index (χ2v) is 5.36. The Kier molecular flexibility index (Phi) is 6.26. The third-order valence-electron chi connectivity index (χ3n) is 3.14. The molecule has 2 nitrogen and oxygen atoms in total. The van der Waals surface area contributed by atoms with Crippen molar-refractivity contribution < 1.29 is 5.11 Å². The Morgan fingerprint density at radius 1 is 1.20 bits per heavy atom. The summed E-state index contributed by atoms with van der Waals surface area (Å²) in [7, 11) is 0. The highest BCUT2D eigenvalue weighted by Crippen LogP contribution is 2.29. The maximum Gasteiger partial charge on any atom is 0.0558 e. The van der Waals surface area contributed by atoms with E-state index in [1.54, 1.807) is 0 Å². The van der Waals surface area contributed by atoms with Crippen molar-refractivity contribution in [1.29, 1.82) is 0 Å². The van der Waals surface area contributed by atoms with E-state index < -0.39 is 0 Å². The van der Waals surface area contributed by atoms with Crippen LogP contribution in [0.3, 0.4) is 0 Å². The minimum absolute atomic E-state index is 0.316. The lowest BCUT2D eigenvalue weighted by Crippen LogP contribution is -2.30. The van der Waals surface area contributed by atoms with Crippen LogP contribution in [0, 0.1) is 11.8 Å². The minimum Gasteiger partial charge on any atom is -0.395 e. The van der Waals surface area contributed by atoms with Crippen molar-refractivity contribution in [2.75, 3.05) is 26.2 Å². The largest absolute Gasteiger partial charge is 0.395 e. The molecule has 0 aromatic carbocycles. The van der Waals surface area contributed by atoms with E-state index in [-0.39, 0.29) is 0 Å². The summed E-state index contributed by atoms with van der Waals surface area (Å²) in [6.45, 7) is 8.17. The zero-order valence-electron chi connectivity index (χ0n) is 10.4. The summed E-state index contributed by atoms with van der Waals surface area (Å²) in [6, 6.07) is 0. The quantitative estimate of drug-likeness (QED) is 0.595. The molecule has 0 bridgehead atoms. The van der Waals surface area contributed by atoms with E-state index in [0.717, 1.165) is 18.4 Å². The van der Waals surface area contributed by atoms with Crippen LogP contribution in [0.25, 0.3) is 0 Å². The van der Waals surface area contributed by atoms with Crippen molar-refractivity contribution in [1.82, 2.24) is 4.90 Å². The Labute approximate surface area is 94.7 Å². The predicted octanol–water partition coefficient (Wildman–Crippen LogP) is 2.52. The lowest BCUT2D eigenvalue weighted by atomic mass is 10.1. The predicted molar refractivity (Wildman–Crippen MR) is 64.9 cm³/mol. The Balaban J connectivity index is 2.02. The Hall–Kier alpha value is -0.0800. The van der Waals surface area contributed by atoms with Crippen LogP contribution in [0.2, 0.25) is 0 Å². The van der Waals surface area contributed by atoms with Crippen LogP contribution in [0.5, 0.6) is 0 Å². The van der Waals surface area contributed by atoms with E-state index in [9.17, 15) is 0 Å². The SMILES string of the molecule is CC(C)CCCCN(CCO)CC1CC1. The molecule has 0 heterocycles. The Bertz CT molecular complexity index is 155. The maximum atomic E-state index is 8.97. The molecule has 0 spiro atoms. The van der Waals surface area contributed by atoms with Crippen LogP contribution in [0.1, 0.15) is 46.0 Å². The third kappa shape index (κ3) is 6.91. The van der Waals surface area contributed by atoms with Gasteiger partial charge >= 0.3 is 0 Å². The molecule has 0 unspecified atom stereocenters. The van der Waals surface area contributed by atoms with Gasteiger partial charge in [0.05, 0.1) is 6.61 Å². The Morgan fingerprint density at radius 3 is 2.47 bits per heavy atom. The smallest absolute Gasteiger partial charge is 0.0558 e. The van der Waals surface area contributed by atoms with Crippen molar-refractivity contribution >= 4 is 0 Å². The van der Waals surface area contributed by atoms with Crippen LogP contribution in [-0.4, -0.2) is 36.2 Å². The van der Waals surface area contributed by atoms with E-state index in [1.165, 1.54) is 45.2 Å². The van der Waals surface area contributed by atoms with Crippen LogP contribution in [0.4, 0.5) is 0 Å². The first-order valence-corrected chi connectivity index (χ1v) is 6.55. The molecule has 1 N–H and O–H groups in total. The van der Waals surface area contributed by atoms with Crippen LogP contribution >= 0.6 is 0 Å². The number of nitrogens with zero attached hydrogens (tertiary/aromatic N) is 1. The second kappa shape index (κ2) is 7.24. The molecule has 0 atom stereocenters. The first-order chi connectivity index (χ1) is 7.22. The lowest BCUT2D eigenvalue weighted by molar-refractivity contribution is 0.187.